The number of allylic oxidation sites excluding steroid dienone is 5. The molecule has 2 aliphatic rings. The van der Waals surface area contributed by atoms with Crippen molar-refractivity contribution in [2.24, 2.45) is 0 Å². The second-order valence-corrected chi connectivity index (χ2v) is 9.14. The lowest BCUT2D eigenvalue weighted by atomic mass is 9.69. The van der Waals surface area contributed by atoms with E-state index in [-0.39, 0.29) is 0 Å². The van der Waals surface area contributed by atoms with Crippen LogP contribution in [-0.2, 0) is 11.8 Å². The molecule has 1 nitrogen and oxygen atoms in total. The van der Waals surface area contributed by atoms with Crippen LogP contribution in [-0.4, -0.2) is 0 Å². The third-order valence-corrected chi connectivity index (χ3v) is 7.33. The molecule has 4 aromatic carbocycles. The second kappa shape index (κ2) is 7.74. The molecule has 1 unspecified atom stereocenters. The molecule has 0 saturated carbocycles. The van der Waals surface area contributed by atoms with Gasteiger partial charge in [0, 0.05) is 11.3 Å². The molecule has 0 bridgehead atoms. The van der Waals surface area contributed by atoms with Crippen molar-refractivity contribution in [3.63, 3.8) is 0 Å². The molecule has 2 aliphatic carbocycles. The van der Waals surface area contributed by atoms with Crippen molar-refractivity contribution in [3.8, 4) is 11.1 Å². The van der Waals surface area contributed by atoms with Crippen molar-refractivity contribution in [2.45, 2.75) is 18.8 Å². The van der Waals surface area contributed by atoms with E-state index in [4.69, 9.17) is 5.73 Å². The van der Waals surface area contributed by atoms with Crippen LogP contribution in [0, 0.1) is 0 Å². The summed E-state index contributed by atoms with van der Waals surface area (Å²) >= 11 is 0. The molecule has 0 amide bonds. The average Bonchev–Trinajstić information content (AvgIpc) is 3.31. The van der Waals surface area contributed by atoms with E-state index in [9.17, 15) is 0 Å². The zero-order valence-electron chi connectivity index (χ0n) is 19.4. The number of nitrogens with two attached hydrogens (primary N) is 1. The van der Waals surface area contributed by atoms with Crippen LogP contribution in [0.4, 0.5) is 5.69 Å². The summed E-state index contributed by atoms with van der Waals surface area (Å²) in [6.07, 6.45) is 7.23. The highest BCUT2D eigenvalue weighted by Crippen LogP contribution is 2.63. The van der Waals surface area contributed by atoms with E-state index in [1.165, 1.54) is 55.7 Å². The Hall–Kier alpha value is -4.10. The van der Waals surface area contributed by atoms with Crippen LogP contribution >= 0.6 is 0 Å². The highest BCUT2D eigenvalue weighted by atomic mass is 14.6. The first-order valence-corrected chi connectivity index (χ1v) is 11.9. The van der Waals surface area contributed by atoms with E-state index in [2.05, 4.69) is 117 Å². The fraction of sp³-hybridized carbons (Fsp3) is 0.0909. The van der Waals surface area contributed by atoms with Gasteiger partial charge in [0.1, 0.15) is 0 Å². The third-order valence-electron chi connectivity index (χ3n) is 7.33. The first-order valence-electron chi connectivity index (χ1n) is 11.9. The van der Waals surface area contributed by atoms with Crippen molar-refractivity contribution < 1.29 is 0 Å². The standard InChI is InChI=1S/C33H27N/c1-3-12-24-25-15-8-10-17-29(25)33(28(24)4-2)30-18-11-9-16-26(30)27-20-23(21-31(34)32(27)33)19-22-13-6-5-7-14-22/h3-18,20-21H,2,19,34H2,1H3/b12-3-. The normalized spacial score (nSPS) is 17.8. The van der Waals surface area contributed by atoms with E-state index < -0.39 is 5.41 Å². The summed E-state index contributed by atoms with van der Waals surface area (Å²) in [5.74, 6) is 0. The number of benzene rings is 4. The predicted octanol–water partition coefficient (Wildman–Crippen LogP) is 7.70. The van der Waals surface area contributed by atoms with Gasteiger partial charge in [0.15, 0.2) is 0 Å². The highest BCUT2D eigenvalue weighted by Gasteiger charge is 2.52. The number of anilines is 1. The second-order valence-electron chi connectivity index (χ2n) is 9.14. The Morgan fingerprint density at radius 1 is 0.765 bits per heavy atom. The minimum absolute atomic E-state index is 0.450. The predicted molar refractivity (Wildman–Crippen MR) is 144 cm³/mol. The van der Waals surface area contributed by atoms with Crippen LogP contribution in [0.15, 0.2) is 121 Å². The molecule has 4 aromatic rings. The lowest BCUT2D eigenvalue weighted by molar-refractivity contribution is 0.789. The molecule has 2 N–H and O–H groups in total. The maximum Gasteiger partial charge on any atom is 0.0745 e. The molecular formula is C33H27N. The van der Waals surface area contributed by atoms with Gasteiger partial charge < -0.3 is 5.73 Å². The van der Waals surface area contributed by atoms with Crippen molar-refractivity contribution in [3.05, 3.63) is 155 Å². The van der Waals surface area contributed by atoms with Crippen LogP contribution in [0.5, 0.6) is 0 Å². The monoisotopic (exact) mass is 437 g/mol. The van der Waals surface area contributed by atoms with E-state index in [0.717, 1.165) is 12.1 Å². The van der Waals surface area contributed by atoms with Gasteiger partial charge in [-0.1, -0.05) is 110 Å². The van der Waals surface area contributed by atoms with E-state index in [1.54, 1.807) is 0 Å². The Balaban J connectivity index is 1.69. The minimum Gasteiger partial charge on any atom is -0.398 e. The maximum absolute atomic E-state index is 6.98. The van der Waals surface area contributed by atoms with Crippen LogP contribution < -0.4 is 5.73 Å². The molecule has 0 aromatic heterocycles. The quantitative estimate of drug-likeness (QED) is 0.325. The molecule has 0 saturated heterocycles. The van der Waals surface area contributed by atoms with Crippen molar-refractivity contribution in [2.75, 3.05) is 5.73 Å². The molecule has 1 atom stereocenters. The summed E-state index contributed by atoms with van der Waals surface area (Å²) in [7, 11) is 0. The smallest absolute Gasteiger partial charge is 0.0745 e. The maximum atomic E-state index is 6.98. The molecule has 1 spiro atoms. The fourth-order valence-electron chi connectivity index (χ4n) is 6.18. The van der Waals surface area contributed by atoms with Crippen molar-refractivity contribution in [1.82, 2.24) is 0 Å². The van der Waals surface area contributed by atoms with Gasteiger partial charge in [-0.25, -0.2) is 0 Å². The summed E-state index contributed by atoms with van der Waals surface area (Å²) in [5.41, 5.74) is 19.8. The summed E-state index contributed by atoms with van der Waals surface area (Å²) in [6.45, 7) is 6.37. The van der Waals surface area contributed by atoms with Gasteiger partial charge in [0.05, 0.1) is 5.41 Å². The Morgan fingerprint density at radius 2 is 1.41 bits per heavy atom. The van der Waals surface area contributed by atoms with Crippen molar-refractivity contribution in [1.29, 1.82) is 0 Å². The fourth-order valence-corrected chi connectivity index (χ4v) is 6.18. The Bertz CT molecular complexity index is 1500. The van der Waals surface area contributed by atoms with Gasteiger partial charge in [-0.05, 0) is 69.5 Å². The summed E-state index contributed by atoms with van der Waals surface area (Å²) in [6, 6.07) is 32.7. The highest BCUT2D eigenvalue weighted by molar-refractivity contribution is 5.99. The van der Waals surface area contributed by atoms with Crippen LogP contribution in [0.3, 0.4) is 0 Å². The summed E-state index contributed by atoms with van der Waals surface area (Å²) in [4.78, 5) is 0. The lowest BCUT2D eigenvalue weighted by Gasteiger charge is -2.32. The minimum atomic E-state index is -0.450. The van der Waals surface area contributed by atoms with Crippen LogP contribution in [0.25, 0.3) is 16.7 Å². The Kier molecular flexibility index (Phi) is 4.67. The van der Waals surface area contributed by atoms with Gasteiger partial charge in [-0.2, -0.15) is 0 Å². The third kappa shape index (κ3) is 2.67. The number of fused-ring (bicyclic) bond motifs is 7. The first-order chi connectivity index (χ1) is 16.7. The van der Waals surface area contributed by atoms with Gasteiger partial charge in [0.25, 0.3) is 0 Å². The van der Waals surface area contributed by atoms with E-state index in [1.807, 2.05) is 6.08 Å². The molecule has 34 heavy (non-hydrogen) atoms. The zero-order chi connectivity index (χ0) is 23.3. The topological polar surface area (TPSA) is 26.0 Å². The number of nitrogen functional groups attached to an aromatic ring is 1. The van der Waals surface area contributed by atoms with Crippen LogP contribution in [0.1, 0.15) is 40.3 Å². The van der Waals surface area contributed by atoms with E-state index in [0.29, 0.717) is 0 Å². The van der Waals surface area contributed by atoms with Crippen LogP contribution in [0.2, 0.25) is 0 Å². The summed E-state index contributed by atoms with van der Waals surface area (Å²) < 4.78 is 0. The first kappa shape index (κ1) is 20.5. The molecule has 0 radical (unpaired) electrons. The molecule has 0 heterocycles. The van der Waals surface area contributed by atoms with Gasteiger partial charge >= 0.3 is 0 Å². The van der Waals surface area contributed by atoms with Gasteiger partial charge in [-0.3, -0.25) is 0 Å². The molecule has 0 aliphatic heterocycles. The molecule has 0 fully saturated rings. The lowest BCUT2D eigenvalue weighted by Crippen LogP contribution is -2.27. The number of hydrogen-bond donors (Lipinski definition) is 1. The largest absolute Gasteiger partial charge is 0.398 e. The number of hydrogen-bond acceptors (Lipinski definition) is 1. The molecule has 1 heteroatoms. The van der Waals surface area contributed by atoms with Crippen molar-refractivity contribution >= 4 is 11.3 Å². The molecular weight excluding hydrogens is 410 g/mol. The molecule has 6 rings (SSSR count). The van der Waals surface area contributed by atoms with Gasteiger partial charge in [0.2, 0.25) is 0 Å². The number of rotatable bonds is 4. The van der Waals surface area contributed by atoms with E-state index >= 15 is 0 Å². The van der Waals surface area contributed by atoms with Gasteiger partial charge in [-0.15, -0.1) is 0 Å². The molecule has 164 valence electrons. The Labute approximate surface area is 201 Å². The average molecular weight is 438 g/mol. The summed E-state index contributed by atoms with van der Waals surface area (Å²) in [5, 5.41) is 0. The zero-order valence-corrected chi connectivity index (χ0v) is 19.4. The SMILES string of the molecule is C=CC1=C(/C=C\C)c2ccccc2C12c1ccccc1-c1cc(Cc3ccccc3)cc(N)c12. The Morgan fingerprint density at radius 3 is 2.12 bits per heavy atom.